The van der Waals surface area contributed by atoms with E-state index < -0.39 is 0 Å². The molecule has 0 aliphatic carbocycles. The molecule has 1 fully saturated rings. The number of likely N-dealkylation sites (N-methyl/N-ethyl adjacent to an activating group) is 1. The molecule has 1 aliphatic rings. The van der Waals surface area contributed by atoms with Crippen molar-refractivity contribution < 1.29 is 5.11 Å². The van der Waals surface area contributed by atoms with Crippen LogP contribution >= 0.6 is 0 Å². The number of aromatic nitrogens is 1. The molecule has 2 N–H and O–H groups in total. The standard InChI is InChI=1S/C19H27N3O/c1-21(13-16-7-3-2-4-8-16)14-17(23)15-22-12-6-10-19(22)18-9-5-11-20-18/h2-5,7-9,11,17,19-20,23H,6,10,12-15H2,1H3/t17-,19+/m1/s1. The summed E-state index contributed by atoms with van der Waals surface area (Å²) in [6.45, 7) is 3.38. The zero-order chi connectivity index (χ0) is 16.1. The molecule has 1 saturated heterocycles. The van der Waals surface area contributed by atoms with Gasteiger partial charge in [0.15, 0.2) is 0 Å². The van der Waals surface area contributed by atoms with Gasteiger partial charge in [-0.15, -0.1) is 0 Å². The van der Waals surface area contributed by atoms with Crippen LogP contribution in [-0.4, -0.2) is 52.7 Å². The van der Waals surface area contributed by atoms with Crippen molar-refractivity contribution in [2.24, 2.45) is 0 Å². The van der Waals surface area contributed by atoms with Crippen molar-refractivity contribution >= 4 is 0 Å². The number of benzene rings is 1. The van der Waals surface area contributed by atoms with E-state index in [9.17, 15) is 5.11 Å². The molecule has 4 nitrogen and oxygen atoms in total. The largest absolute Gasteiger partial charge is 0.390 e. The van der Waals surface area contributed by atoms with Crippen molar-refractivity contribution in [2.45, 2.75) is 31.5 Å². The van der Waals surface area contributed by atoms with Crippen molar-refractivity contribution in [3.63, 3.8) is 0 Å². The van der Waals surface area contributed by atoms with E-state index in [1.165, 1.54) is 24.1 Å². The first-order chi connectivity index (χ1) is 11.2. The predicted octanol–water partition coefficient (Wildman–Crippen LogP) is 2.64. The summed E-state index contributed by atoms with van der Waals surface area (Å²) in [6, 6.07) is 15.0. The van der Waals surface area contributed by atoms with Gasteiger partial charge in [-0.3, -0.25) is 9.80 Å². The first kappa shape index (κ1) is 16.2. The SMILES string of the molecule is CN(Cc1ccccc1)C[C@@H](O)CN1CCC[C@H]1c1ccc[nH]1. The van der Waals surface area contributed by atoms with Crippen LogP contribution in [0, 0.1) is 0 Å². The molecule has 0 saturated carbocycles. The van der Waals surface area contributed by atoms with E-state index in [1.807, 2.05) is 12.3 Å². The van der Waals surface area contributed by atoms with Gasteiger partial charge in [-0.1, -0.05) is 30.3 Å². The van der Waals surface area contributed by atoms with Gasteiger partial charge in [-0.25, -0.2) is 0 Å². The second-order valence-electron chi connectivity index (χ2n) is 6.61. The molecule has 0 unspecified atom stereocenters. The molecule has 2 aromatic rings. The average molecular weight is 313 g/mol. The van der Waals surface area contributed by atoms with E-state index in [4.69, 9.17) is 0 Å². The summed E-state index contributed by atoms with van der Waals surface area (Å²) in [4.78, 5) is 7.93. The Kier molecular flexibility index (Phi) is 5.49. The summed E-state index contributed by atoms with van der Waals surface area (Å²) in [6.07, 6.45) is 4.04. The normalized spacial score (nSPS) is 20.2. The number of H-pyrrole nitrogens is 1. The summed E-state index contributed by atoms with van der Waals surface area (Å²) < 4.78 is 0. The quantitative estimate of drug-likeness (QED) is 0.826. The number of β-amino-alcohol motifs (C(OH)–C–C–N with tert-alkyl or cyclic N) is 1. The number of hydrogen-bond acceptors (Lipinski definition) is 3. The van der Waals surface area contributed by atoms with Crippen LogP contribution in [-0.2, 0) is 6.54 Å². The molecule has 1 aromatic carbocycles. The summed E-state index contributed by atoms with van der Waals surface area (Å²) in [5.41, 5.74) is 2.56. The maximum absolute atomic E-state index is 10.5. The lowest BCUT2D eigenvalue weighted by atomic mass is 10.1. The summed E-state index contributed by atoms with van der Waals surface area (Å²) in [5, 5.41) is 10.5. The van der Waals surface area contributed by atoms with Crippen LogP contribution in [0.3, 0.4) is 0 Å². The van der Waals surface area contributed by atoms with Gasteiger partial charge in [-0.05, 0) is 44.1 Å². The number of nitrogens with zero attached hydrogens (tertiary/aromatic N) is 2. The molecule has 0 spiro atoms. The Labute approximate surface area is 138 Å². The Morgan fingerprint density at radius 3 is 2.83 bits per heavy atom. The van der Waals surface area contributed by atoms with Crippen LogP contribution < -0.4 is 0 Å². The van der Waals surface area contributed by atoms with Crippen LogP contribution in [0.1, 0.15) is 30.1 Å². The summed E-state index contributed by atoms with van der Waals surface area (Å²) in [7, 11) is 2.07. The molecule has 124 valence electrons. The molecule has 3 rings (SSSR count). The van der Waals surface area contributed by atoms with Gasteiger partial charge in [-0.2, -0.15) is 0 Å². The van der Waals surface area contributed by atoms with Crippen LogP contribution in [0.5, 0.6) is 0 Å². The first-order valence-corrected chi connectivity index (χ1v) is 8.50. The number of rotatable bonds is 7. The topological polar surface area (TPSA) is 42.5 Å². The highest BCUT2D eigenvalue weighted by atomic mass is 16.3. The maximum Gasteiger partial charge on any atom is 0.0794 e. The van der Waals surface area contributed by atoms with E-state index in [2.05, 4.69) is 58.2 Å². The summed E-state index contributed by atoms with van der Waals surface area (Å²) >= 11 is 0. The number of nitrogens with one attached hydrogen (secondary N) is 1. The minimum Gasteiger partial charge on any atom is -0.390 e. The lowest BCUT2D eigenvalue weighted by molar-refractivity contribution is 0.0745. The molecule has 1 aliphatic heterocycles. The fourth-order valence-corrected chi connectivity index (χ4v) is 3.60. The Morgan fingerprint density at radius 2 is 2.09 bits per heavy atom. The van der Waals surface area contributed by atoms with Gasteiger partial charge in [0.2, 0.25) is 0 Å². The second kappa shape index (κ2) is 7.77. The third kappa shape index (κ3) is 4.44. The Hall–Kier alpha value is -1.62. The fourth-order valence-electron chi connectivity index (χ4n) is 3.60. The van der Waals surface area contributed by atoms with Gasteiger partial charge in [0, 0.05) is 37.6 Å². The molecular weight excluding hydrogens is 286 g/mol. The minimum absolute atomic E-state index is 0.320. The van der Waals surface area contributed by atoms with Crippen molar-refractivity contribution in [3.05, 3.63) is 59.9 Å². The van der Waals surface area contributed by atoms with E-state index >= 15 is 0 Å². The summed E-state index contributed by atoms with van der Waals surface area (Å²) in [5.74, 6) is 0. The molecule has 0 amide bonds. The first-order valence-electron chi connectivity index (χ1n) is 8.50. The van der Waals surface area contributed by atoms with Crippen LogP contribution in [0.4, 0.5) is 0 Å². The van der Waals surface area contributed by atoms with Crippen LogP contribution in [0.25, 0.3) is 0 Å². The maximum atomic E-state index is 10.5. The monoisotopic (exact) mass is 313 g/mol. The van der Waals surface area contributed by atoms with E-state index in [0.717, 1.165) is 19.6 Å². The molecule has 0 bridgehead atoms. The van der Waals surface area contributed by atoms with Gasteiger partial charge in [0.1, 0.15) is 0 Å². The van der Waals surface area contributed by atoms with Crippen molar-refractivity contribution in [1.82, 2.24) is 14.8 Å². The molecular formula is C19H27N3O. The number of likely N-dealkylation sites (tertiary alicyclic amines) is 1. The zero-order valence-electron chi connectivity index (χ0n) is 13.9. The van der Waals surface area contributed by atoms with Gasteiger partial charge < -0.3 is 10.1 Å². The highest BCUT2D eigenvalue weighted by Gasteiger charge is 2.28. The average Bonchev–Trinajstić information content (AvgIpc) is 3.18. The molecule has 23 heavy (non-hydrogen) atoms. The highest BCUT2D eigenvalue weighted by molar-refractivity contribution is 5.14. The van der Waals surface area contributed by atoms with E-state index in [1.54, 1.807) is 0 Å². The number of aromatic amines is 1. The van der Waals surface area contributed by atoms with Gasteiger partial charge in [0.25, 0.3) is 0 Å². The lowest BCUT2D eigenvalue weighted by Gasteiger charge is -2.28. The Balaban J connectivity index is 1.49. The Bertz CT molecular complexity index is 570. The van der Waals surface area contributed by atoms with E-state index in [0.29, 0.717) is 12.6 Å². The van der Waals surface area contributed by atoms with Gasteiger partial charge >= 0.3 is 0 Å². The van der Waals surface area contributed by atoms with Crippen molar-refractivity contribution in [3.8, 4) is 0 Å². The van der Waals surface area contributed by atoms with Crippen LogP contribution in [0.2, 0.25) is 0 Å². The third-order valence-corrected chi connectivity index (χ3v) is 4.61. The van der Waals surface area contributed by atoms with Crippen molar-refractivity contribution in [1.29, 1.82) is 0 Å². The molecule has 1 aromatic heterocycles. The number of hydrogen-bond donors (Lipinski definition) is 2. The Morgan fingerprint density at radius 1 is 1.26 bits per heavy atom. The predicted molar refractivity (Wildman–Crippen MR) is 93.1 cm³/mol. The molecule has 2 atom stereocenters. The highest BCUT2D eigenvalue weighted by Crippen LogP contribution is 2.30. The van der Waals surface area contributed by atoms with Crippen molar-refractivity contribution in [2.75, 3.05) is 26.7 Å². The smallest absolute Gasteiger partial charge is 0.0794 e. The van der Waals surface area contributed by atoms with E-state index in [-0.39, 0.29) is 6.10 Å². The molecule has 4 heteroatoms. The molecule has 0 radical (unpaired) electrons. The second-order valence-corrected chi connectivity index (χ2v) is 6.61. The molecule has 2 heterocycles. The number of aliphatic hydroxyl groups excluding tert-OH is 1. The third-order valence-electron chi connectivity index (χ3n) is 4.61. The fraction of sp³-hybridized carbons (Fsp3) is 0.474. The number of aliphatic hydroxyl groups is 1. The van der Waals surface area contributed by atoms with Crippen LogP contribution in [0.15, 0.2) is 48.7 Å². The lowest BCUT2D eigenvalue weighted by Crippen LogP contribution is -2.38. The minimum atomic E-state index is -0.320. The van der Waals surface area contributed by atoms with Gasteiger partial charge in [0.05, 0.1) is 6.10 Å². The zero-order valence-corrected chi connectivity index (χ0v) is 13.9.